The lowest BCUT2D eigenvalue weighted by Crippen LogP contribution is -2.61. The summed E-state index contributed by atoms with van der Waals surface area (Å²) in [6.45, 7) is 3.50. The Hall–Kier alpha value is -2.99. The number of hydrogen-bond donors (Lipinski definition) is 2. The number of carbonyl (C=O) groups excluding carboxylic acids is 2. The first-order valence-corrected chi connectivity index (χ1v) is 11.9. The van der Waals surface area contributed by atoms with Crippen molar-refractivity contribution in [2.24, 2.45) is 5.92 Å². The van der Waals surface area contributed by atoms with Crippen LogP contribution in [0.3, 0.4) is 0 Å². The first-order valence-electron chi connectivity index (χ1n) is 11.9. The zero-order chi connectivity index (χ0) is 27.0. The molecule has 0 aromatic carbocycles. The number of pyridine rings is 1. The van der Waals surface area contributed by atoms with Crippen molar-refractivity contribution >= 4 is 17.6 Å². The highest BCUT2D eigenvalue weighted by Gasteiger charge is 2.52. The van der Waals surface area contributed by atoms with Crippen LogP contribution in [0.1, 0.15) is 18.9 Å². The van der Waals surface area contributed by atoms with Gasteiger partial charge in [-0.25, -0.2) is 10.4 Å². The molecule has 3 heterocycles. The molecule has 0 saturated carbocycles. The van der Waals surface area contributed by atoms with E-state index in [-0.39, 0.29) is 32.1 Å². The van der Waals surface area contributed by atoms with Crippen LogP contribution in [0.2, 0.25) is 0 Å². The normalized spacial score (nSPS) is 22.2. The Bertz CT molecular complexity index is 950. The number of alkyl halides is 3. The van der Waals surface area contributed by atoms with Gasteiger partial charge in [0.05, 0.1) is 37.4 Å². The summed E-state index contributed by atoms with van der Waals surface area (Å²) in [6.07, 6.45) is -6.00. The fourth-order valence-electron chi connectivity index (χ4n) is 4.18. The summed E-state index contributed by atoms with van der Waals surface area (Å²) < 4.78 is 56.5. The Morgan fingerprint density at radius 1 is 1.27 bits per heavy atom. The SMILES string of the molecule is COC[C@H](CO[C@H](C)CC(=O)N1CCN(c2ccc(C#N)cn2)CC1)OC1CNNC(=O)C1C(F)(F)F. The molecule has 204 valence electrons. The molecule has 4 atom stereocenters. The van der Waals surface area contributed by atoms with Gasteiger partial charge in [0.1, 0.15) is 18.0 Å². The monoisotopic (exact) mass is 528 g/mol. The smallest absolute Gasteiger partial charge is 0.382 e. The number of anilines is 1. The highest BCUT2D eigenvalue weighted by molar-refractivity contribution is 5.80. The molecule has 14 heteroatoms. The lowest BCUT2D eigenvalue weighted by molar-refractivity contribution is -0.223. The Kier molecular flexibility index (Phi) is 10.0. The molecule has 11 nitrogen and oxygen atoms in total. The third-order valence-corrected chi connectivity index (χ3v) is 6.10. The highest BCUT2D eigenvalue weighted by Crippen LogP contribution is 2.32. The van der Waals surface area contributed by atoms with Gasteiger partial charge in [-0.15, -0.1) is 0 Å². The lowest BCUT2D eigenvalue weighted by Gasteiger charge is -2.36. The number of nitrogens with zero attached hydrogens (tertiary/aromatic N) is 4. The third-order valence-electron chi connectivity index (χ3n) is 6.10. The van der Waals surface area contributed by atoms with Crippen molar-refractivity contribution in [3.63, 3.8) is 0 Å². The first-order chi connectivity index (χ1) is 17.6. The van der Waals surface area contributed by atoms with Crippen LogP contribution >= 0.6 is 0 Å². The number of amides is 2. The Labute approximate surface area is 212 Å². The molecule has 1 aromatic rings. The second-order valence-electron chi connectivity index (χ2n) is 8.87. The molecule has 2 aliphatic rings. The van der Waals surface area contributed by atoms with Crippen molar-refractivity contribution in [3.05, 3.63) is 23.9 Å². The average Bonchev–Trinajstić information content (AvgIpc) is 2.87. The molecule has 1 aromatic heterocycles. The fourth-order valence-corrected chi connectivity index (χ4v) is 4.18. The average molecular weight is 529 g/mol. The van der Waals surface area contributed by atoms with Crippen LogP contribution in [0.4, 0.5) is 19.0 Å². The van der Waals surface area contributed by atoms with Gasteiger partial charge in [0, 0.05) is 46.0 Å². The van der Waals surface area contributed by atoms with Crippen molar-refractivity contribution in [1.82, 2.24) is 20.7 Å². The number of hydrazine groups is 1. The van der Waals surface area contributed by atoms with Crippen LogP contribution in [0.5, 0.6) is 0 Å². The maximum absolute atomic E-state index is 13.4. The zero-order valence-electron chi connectivity index (χ0n) is 20.7. The van der Waals surface area contributed by atoms with Crippen LogP contribution in [-0.4, -0.2) is 99.2 Å². The summed E-state index contributed by atoms with van der Waals surface area (Å²) in [5, 5.41) is 8.90. The van der Waals surface area contributed by atoms with Crippen LogP contribution in [0.25, 0.3) is 0 Å². The molecule has 3 rings (SSSR count). The van der Waals surface area contributed by atoms with Gasteiger partial charge < -0.3 is 24.0 Å². The second kappa shape index (κ2) is 13.0. The van der Waals surface area contributed by atoms with Gasteiger partial charge >= 0.3 is 6.18 Å². The van der Waals surface area contributed by atoms with Gasteiger partial charge in [0.25, 0.3) is 0 Å². The quantitative estimate of drug-likeness (QED) is 0.449. The van der Waals surface area contributed by atoms with Crippen molar-refractivity contribution in [3.8, 4) is 6.07 Å². The number of methoxy groups -OCH3 is 1. The van der Waals surface area contributed by atoms with E-state index in [0.717, 1.165) is 5.82 Å². The maximum Gasteiger partial charge on any atom is 0.403 e. The largest absolute Gasteiger partial charge is 0.403 e. The summed E-state index contributed by atoms with van der Waals surface area (Å²) in [5.41, 5.74) is 4.86. The number of hydrogen-bond acceptors (Lipinski definition) is 9. The molecule has 2 saturated heterocycles. The van der Waals surface area contributed by atoms with E-state index in [0.29, 0.717) is 31.7 Å². The van der Waals surface area contributed by atoms with Crippen molar-refractivity contribution in [2.75, 3.05) is 57.9 Å². The summed E-state index contributed by atoms with van der Waals surface area (Å²) in [7, 11) is 1.38. The molecule has 2 amide bonds. The molecule has 0 radical (unpaired) electrons. The van der Waals surface area contributed by atoms with Gasteiger partial charge in [-0.1, -0.05) is 0 Å². The summed E-state index contributed by atoms with van der Waals surface area (Å²) in [6, 6.07) is 5.50. The fraction of sp³-hybridized carbons (Fsp3) is 0.652. The summed E-state index contributed by atoms with van der Waals surface area (Å²) in [4.78, 5) is 32.6. The van der Waals surface area contributed by atoms with E-state index in [1.807, 2.05) is 16.4 Å². The Morgan fingerprint density at radius 2 is 2.00 bits per heavy atom. The zero-order valence-corrected chi connectivity index (χ0v) is 20.7. The molecule has 0 spiro atoms. The van der Waals surface area contributed by atoms with Gasteiger partial charge in [-0.3, -0.25) is 15.0 Å². The molecular formula is C23H31F3N6O5. The predicted octanol–water partition coefficient (Wildman–Crippen LogP) is 0.610. The lowest BCUT2D eigenvalue weighted by atomic mass is 9.99. The van der Waals surface area contributed by atoms with Crippen LogP contribution in [0, 0.1) is 17.2 Å². The number of piperazine rings is 1. The van der Waals surface area contributed by atoms with Gasteiger partial charge in [-0.05, 0) is 19.1 Å². The molecule has 2 fully saturated rings. The van der Waals surface area contributed by atoms with E-state index in [1.165, 1.54) is 13.3 Å². The molecular weight excluding hydrogens is 497 g/mol. The van der Waals surface area contributed by atoms with Gasteiger partial charge in [0.15, 0.2) is 5.92 Å². The Balaban J connectivity index is 1.45. The molecule has 2 N–H and O–H groups in total. The topological polar surface area (TPSA) is 129 Å². The predicted molar refractivity (Wildman–Crippen MR) is 124 cm³/mol. The Morgan fingerprint density at radius 3 is 2.59 bits per heavy atom. The molecule has 2 unspecified atom stereocenters. The number of aromatic nitrogens is 1. The van der Waals surface area contributed by atoms with Crippen LogP contribution in [-0.2, 0) is 23.8 Å². The minimum atomic E-state index is -4.77. The molecule has 0 bridgehead atoms. The summed E-state index contributed by atoms with van der Waals surface area (Å²) >= 11 is 0. The number of ether oxygens (including phenoxy) is 3. The van der Waals surface area contributed by atoms with Crippen LogP contribution in [0.15, 0.2) is 18.3 Å². The van der Waals surface area contributed by atoms with E-state index in [4.69, 9.17) is 19.5 Å². The standard InChI is InChI=1S/C23H31F3N6O5/c1-15(9-20(33)32-7-5-31(6-8-32)19-4-3-16(10-27)11-28-19)36-14-17(13-35-2)37-18-12-29-30-22(34)21(18)23(24,25)26/h3-4,11,15,17-18,21,29H,5-9,12-14H2,1-2H3,(H,30,34)/t15-,17-,18?,21?/m1/s1. The molecule has 0 aliphatic carbocycles. The maximum atomic E-state index is 13.4. The number of rotatable bonds is 10. The van der Waals surface area contributed by atoms with Crippen molar-refractivity contribution in [2.45, 2.75) is 37.8 Å². The van der Waals surface area contributed by atoms with E-state index >= 15 is 0 Å². The minimum absolute atomic E-state index is 0.0469. The van der Waals surface area contributed by atoms with Crippen molar-refractivity contribution in [1.29, 1.82) is 5.26 Å². The van der Waals surface area contributed by atoms with E-state index in [2.05, 4.69) is 10.4 Å². The van der Waals surface area contributed by atoms with E-state index in [1.54, 1.807) is 24.0 Å². The first kappa shape index (κ1) is 28.6. The third kappa shape index (κ3) is 8.00. The number of carbonyl (C=O) groups is 2. The van der Waals surface area contributed by atoms with Gasteiger partial charge in [-0.2, -0.15) is 18.4 Å². The number of halogens is 3. The van der Waals surface area contributed by atoms with E-state index in [9.17, 15) is 22.8 Å². The molecule has 2 aliphatic heterocycles. The van der Waals surface area contributed by atoms with Crippen molar-refractivity contribution < 1.29 is 37.0 Å². The number of nitrogens with one attached hydrogen (secondary N) is 2. The van der Waals surface area contributed by atoms with Gasteiger partial charge in [0.2, 0.25) is 11.8 Å². The van der Waals surface area contributed by atoms with E-state index < -0.39 is 36.3 Å². The summed E-state index contributed by atoms with van der Waals surface area (Å²) in [5.74, 6) is -2.89. The number of nitriles is 1. The van der Waals surface area contributed by atoms with Crippen LogP contribution < -0.4 is 15.8 Å². The highest BCUT2D eigenvalue weighted by atomic mass is 19.4. The minimum Gasteiger partial charge on any atom is -0.382 e. The molecule has 37 heavy (non-hydrogen) atoms. The second-order valence-corrected chi connectivity index (χ2v) is 8.87.